The molecule has 0 atom stereocenters. The highest BCUT2D eigenvalue weighted by Gasteiger charge is 2.16. The molecule has 1 aromatic carbocycles. The van der Waals surface area contributed by atoms with Crippen molar-refractivity contribution in [2.24, 2.45) is 4.99 Å². The van der Waals surface area contributed by atoms with Crippen molar-refractivity contribution < 1.29 is 9.53 Å². The van der Waals surface area contributed by atoms with E-state index in [0.29, 0.717) is 17.2 Å². The maximum absolute atomic E-state index is 12.0. The minimum Gasteiger partial charge on any atom is -0.465 e. The van der Waals surface area contributed by atoms with Crippen molar-refractivity contribution in [3.05, 3.63) is 51.5 Å². The Morgan fingerprint density at radius 1 is 1.33 bits per heavy atom. The molecule has 5 nitrogen and oxygen atoms in total. The van der Waals surface area contributed by atoms with E-state index in [9.17, 15) is 10.1 Å². The number of hydrogen-bond acceptors (Lipinski definition) is 5. The standard InChI is InChI=1S/C21H21N3O2S/c1-5-26-20(25)12-24-14(3)18(16-8-6-7-9-19(16)24)11-23-21-17(10-22)13(2)15(4)27-21/h6-9,11H,5,12H2,1-4H3. The van der Waals surface area contributed by atoms with Crippen LogP contribution >= 0.6 is 11.3 Å². The highest BCUT2D eigenvalue weighted by molar-refractivity contribution is 7.16. The first-order valence-electron chi connectivity index (χ1n) is 8.75. The quantitative estimate of drug-likeness (QED) is 0.472. The molecule has 2 heterocycles. The van der Waals surface area contributed by atoms with Crippen molar-refractivity contribution in [3.63, 3.8) is 0 Å². The van der Waals surface area contributed by atoms with Gasteiger partial charge in [0.25, 0.3) is 0 Å². The number of benzene rings is 1. The summed E-state index contributed by atoms with van der Waals surface area (Å²) in [5.41, 5.74) is 4.46. The van der Waals surface area contributed by atoms with Gasteiger partial charge in [-0.3, -0.25) is 4.79 Å². The molecule has 0 saturated carbocycles. The van der Waals surface area contributed by atoms with Crippen LogP contribution in [0.15, 0.2) is 29.3 Å². The maximum Gasteiger partial charge on any atom is 0.325 e. The van der Waals surface area contributed by atoms with Gasteiger partial charge in [-0.05, 0) is 39.3 Å². The summed E-state index contributed by atoms with van der Waals surface area (Å²) in [6.45, 7) is 8.23. The van der Waals surface area contributed by atoms with Gasteiger partial charge in [-0.1, -0.05) is 18.2 Å². The van der Waals surface area contributed by atoms with Gasteiger partial charge in [0.15, 0.2) is 0 Å². The van der Waals surface area contributed by atoms with E-state index in [0.717, 1.165) is 32.6 Å². The fourth-order valence-electron chi connectivity index (χ4n) is 3.11. The summed E-state index contributed by atoms with van der Waals surface area (Å²) in [7, 11) is 0. The van der Waals surface area contributed by atoms with Gasteiger partial charge < -0.3 is 9.30 Å². The molecule has 27 heavy (non-hydrogen) atoms. The average Bonchev–Trinajstić information content (AvgIpc) is 3.07. The van der Waals surface area contributed by atoms with Crippen LogP contribution in [0.4, 0.5) is 5.00 Å². The SMILES string of the molecule is CCOC(=O)Cn1c(C)c(C=Nc2sc(C)c(C)c2C#N)c2ccccc21. The van der Waals surface area contributed by atoms with Crippen molar-refractivity contribution in [1.82, 2.24) is 4.57 Å². The van der Waals surface area contributed by atoms with E-state index < -0.39 is 0 Å². The molecule has 3 aromatic rings. The number of nitrogens with zero attached hydrogens (tertiary/aromatic N) is 3. The zero-order chi connectivity index (χ0) is 19.6. The van der Waals surface area contributed by atoms with Crippen LogP contribution in [0.2, 0.25) is 0 Å². The number of hydrogen-bond donors (Lipinski definition) is 0. The zero-order valence-electron chi connectivity index (χ0n) is 15.9. The molecule has 0 radical (unpaired) electrons. The molecule has 0 aliphatic heterocycles. The lowest BCUT2D eigenvalue weighted by atomic mass is 10.1. The number of ether oxygens (including phenoxy) is 1. The van der Waals surface area contributed by atoms with Crippen molar-refractivity contribution in [1.29, 1.82) is 5.26 Å². The van der Waals surface area contributed by atoms with E-state index >= 15 is 0 Å². The predicted molar refractivity (Wildman–Crippen MR) is 109 cm³/mol. The molecule has 0 saturated heterocycles. The summed E-state index contributed by atoms with van der Waals surface area (Å²) >= 11 is 1.52. The number of aromatic nitrogens is 1. The van der Waals surface area contributed by atoms with Gasteiger partial charge in [-0.15, -0.1) is 11.3 Å². The van der Waals surface area contributed by atoms with Crippen LogP contribution < -0.4 is 0 Å². The van der Waals surface area contributed by atoms with Gasteiger partial charge >= 0.3 is 5.97 Å². The Morgan fingerprint density at radius 2 is 2.07 bits per heavy atom. The second-order valence-electron chi connectivity index (χ2n) is 6.24. The number of aryl methyl sites for hydroxylation is 1. The van der Waals surface area contributed by atoms with E-state index in [1.165, 1.54) is 11.3 Å². The third kappa shape index (κ3) is 3.51. The van der Waals surface area contributed by atoms with E-state index in [2.05, 4.69) is 11.1 Å². The van der Waals surface area contributed by atoms with Crippen LogP contribution in [0, 0.1) is 32.1 Å². The van der Waals surface area contributed by atoms with E-state index in [1.54, 1.807) is 13.1 Å². The summed E-state index contributed by atoms with van der Waals surface area (Å²) in [4.78, 5) is 17.7. The summed E-state index contributed by atoms with van der Waals surface area (Å²) in [5.74, 6) is -0.263. The van der Waals surface area contributed by atoms with Gasteiger partial charge in [0, 0.05) is 33.3 Å². The fraction of sp³-hybridized carbons (Fsp3) is 0.286. The molecule has 0 bridgehead atoms. The second-order valence-corrected chi connectivity index (χ2v) is 7.44. The van der Waals surface area contributed by atoms with Gasteiger partial charge in [-0.25, -0.2) is 4.99 Å². The lowest BCUT2D eigenvalue weighted by Gasteiger charge is -2.07. The molecule has 6 heteroatoms. The van der Waals surface area contributed by atoms with Crippen molar-refractivity contribution in [2.45, 2.75) is 34.2 Å². The lowest BCUT2D eigenvalue weighted by molar-refractivity contribution is -0.143. The number of carbonyl (C=O) groups excluding carboxylic acids is 1. The Morgan fingerprint density at radius 3 is 2.78 bits per heavy atom. The molecule has 0 spiro atoms. The Kier molecular flexibility index (Phi) is 5.43. The summed E-state index contributed by atoms with van der Waals surface area (Å²) < 4.78 is 7.06. The Hall–Kier alpha value is -2.91. The minimum atomic E-state index is -0.263. The number of nitriles is 1. The summed E-state index contributed by atoms with van der Waals surface area (Å²) in [5, 5.41) is 11.2. The second kappa shape index (κ2) is 7.77. The van der Waals surface area contributed by atoms with Crippen molar-refractivity contribution in [3.8, 4) is 6.07 Å². The topological polar surface area (TPSA) is 67.4 Å². The first kappa shape index (κ1) is 18.9. The van der Waals surface area contributed by atoms with Gasteiger partial charge in [0.1, 0.15) is 17.6 Å². The van der Waals surface area contributed by atoms with Crippen molar-refractivity contribution in [2.75, 3.05) is 6.61 Å². The molecular formula is C21H21N3O2S. The number of thiophene rings is 1. The van der Waals surface area contributed by atoms with Crippen LogP contribution in [0.1, 0.15) is 34.2 Å². The fourth-order valence-corrected chi connectivity index (χ4v) is 4.07. The number of rotatable bonds is 5. The highest BCUT2D eigenvalue weighted by atomic mass is 32.1. The third-order valence-electron chi connectivity index (χ3n) is 4.66. The van der Waals surface area contributed by atoms with Gasteiger partial charge in [0.05, 0.1) is 12.2 Å². The van der Waals surface area contributed by atoms with Crippen LogP contribution in [0.3, 0.4) is 0 Å². The van der Waals surface area contributed by atoms with Crippen LogP contribution in [-0.2, 0) is 16.1 Å². The third-order valence-corrected chi connectivity index (χ3v) is 5.78. The largest absolute Gasteiger partial charge is 0.465 e. The normalized spacial score (nSPS) is 11.2. The first-order valence-corrected chi connectivity index (χ1v) is 9.57. The zero-order valence-corrected chi connectivity index (χ0v) is 16.7. The number of aliphatic imine (C=N–C) groups is 1. The first-order chi connectivity index (χ1) is 13.0. The van der Waals surface area contributed by atoms with Crippen LogP contribution in [0.5, 0.6) is 0 Å². The Bertz CT molecular complexity index is 1080. The van der Waals surface area contributed by atoms with E-state index in [4.69, 9.17) is 4.74 Å². The smallest absolute Gasteiger partial charge is 0.325 e. The molecular weight excluding hydrogens is 358 g/mol. The lowest BCUT2D eigenvalue weighted by Crippen LogP contribution is -2.14. The summed E-state index contributed by atoms with van der Waals surface area (Å²) in [6, 6.07) is 10.2. The maximum atomic E-state index is 12.0. The van der Waals surface area contributed by atoms with Gasteiger partial charge in [-0.2, -0.15) is 5.26 Å². The molecule has 138 valence electrons. The minimum absolute atomic E-state index is 0.161. The Labute approximate surface area is 162 Å². The van der Waals surface area contributed by atoms with E-state index in [-0.39, 0.29) is 12.5 Å². The monoisotopic (exact) mass is 379 g/mol. The number of carbonyl (C=O) groups is 1. The van der Waals surface area contributed by atoms with E-state index in [1.807, 2.05) is 49.6 Å². The molecule has 0 fully saturated rings. The Balaban J connectivity index is 2.08. The molecule has 0 N–H and O–H groups in total. The molecule has 0 aliphatic rings. The summed E-state index contributed by atoms with van der Waals surface area (Å²) in [6.07, 6.45) is 1.80. The molecule has 0 unspecified atom stereocenters. The average molecular weight is 379 g/mol. The number of para-hydroxylation sites is 1. The number of fused-ring (bicyclic) bond motifs is 1. The predicted octanol–water partition coefficient (Wildman–Crippen LogP) is 4.81. The molecule has 0 aliphatic carbocycles. The van der Waals surface area contributed by atoms with Gasteiger partial charge in [0.2, 0.25) is 0 Å². The van der Waals surface area contributed by atoms with Crippen LogP contribution in [0.25, 0.3) is 10.9 Å². The van der Waals surface area contributed by atoms with Crippen molar-refractivity contribution >= 4 is 39.4 Å². The highest BCUT2D eigenvalue weighted by Crippen LogP contribution is 2.34. The number of esters is 1. The molecule has 3 rings (SSSR count). The molecule has 2 aromatic heterocycles. The molecule has 0 amide bonds. The van der Waals surface area contributed by atoms with Crippen LogP contribution in [-0.4, -0.2) is 23.4 Å².